The van der Waals surface area contributed by atoms with E-state index in [1.807, 2.05) is 0 Å². The molecule has 0 spiro atoms. The predicted molar refractivity (Wildman–Crippen MR) is 56.8 cm³/mol. The number of alkyl halides is 1. The Labute approximate surface area is 98.7 Å². The molecule has 0 aromatic heterocycles. The standard InChI is InChI=1S/C9H19ClO6/c1-7(14,4-11)5(12)8(2,15)6(13)9(3,10)16/h5-6,11-16H,4H2,1-3H3. The first-order chi connectivity index (χ1) is 6.87. The minimum absolute atomic E-state index is 0.832. The smallest absolute Gasteiger partial charge is 0.164 e. The summed E-state index contributed by atoms with van der Waals surface area (Å²) in [7, 11) is 0. The van der Waals surface area contributed by atoms with E-state index in [1.165, 1.54) is 0 Å². The lowest BCUT2D eigenvalue weighted by molar-refractivity contribution is -0.225. The van der Waals surface area contributed by atoms with Crippen molar-refractivity contribution in [1.82, 2.24) is 0 Å². The third-order valence-corrected chi connectivity index (χ3v) is 2.72. The maximum atomic E-state index is 9.84. The van der Waals surface area contributed by atoms with Crippen LogP contribution in [0, 0.1) is 0 Å². The zero-order chi connectivity index (χ0) is 13.4. The summed E-state index contributed by atoms with van der Waals surface area (Å²) in [5.41, 5.74) is -4.33. The molecule has 0 aliphatic heterocycles. The van der Waals surface area contributed by atoms with E-state index in [4.69, 9.17) is 16.7 Å². The van der Waals surface area contributed by atoms with Crippen LogP contribution in [0.3, 0.4) is 0 Å². The fraction of sp³-hybridized carbons (Fsp3) is 1.00. The Kier molecular flexibility index (Phi) is 4.75. The van der Waals surface area contributed by atoms with E-state index < -0.39 is 35.1 Å². The number of hydrogen-bond acceptors (Lipinski definition) is 6. The largest absolute Gasteiger partial charge is 0.393 e. The van der Waals surface area contributed by atoms with E-state index in [-0.39, 0.29) is 0 Å². The van der Waals surface area contributed by atoms with Crippen molar-refractivity contribution in [3.05, 3.63) is 0 Å². The molecule has 0 rings (SSSR count). The molecule has 5 atom stereocenters. The Morgan fingerprint density at radius 3 is 1.62 bits per heavy atom. The van der Waals surface area contributed by atoms with Crippen LogP contribution in [0.4, 0.5) is 0 Å². The van der Waals surface area contributed by atoms with E-state index in [0.29, 0.717) is 0 Å². The SMILES string of the molecule is CC(O)(Cl)C(O)C(C)(O)C(O)C(C)(O)CO. The van der Waals surface area contributed by atoms with Crippen LogP contribution in [0.2, 0.25) is 0 Å². The van der Waals surface area contributed by atoms with Gasteiger partial charge in [0.2, 0.25) is 0 Å². The van der Waals surface area contributed by atoms with Crippen molar-refractivity contribution in [2.24, 2.45) is 0 Å². The zero-order valence-corrected chi connectivity index (χ0v) is 10.2. The molecule has 0 aliphatic rings. The van der Waals surface area contributed by atoms with Crippen molar-refractivity contribution in [2.45, 2.75) is 49.2 Å². The van der Waals surface area contributed by atoms with Gasteiger partial charge in [0.25, 0.3) is 0 Å². The second-order valence-electron chi connectivity index (χ2n) is 4.57. The van der Waals surface area contributed by atoms with Gasteiger partial charge >= 0.3 is 0 Å². The lowest BCUT2D eigenvalue weighted by Crippen LogP contribution is -2.64. The molecule has 0 aliphatic carbocycles. The maximum absolute atomic E-state index is 9.84. The molecule has 5 unspecified atom stereocenters. The highest BCUT2D eigenvalue weighted by Crippen LogP contribution is 2.31. The number of aliphatic hydroxyl groups is 6. The highest BCUT2D eigenvalue weighted by molar-refractivity contribution is 6.22. The summed E-state index contributed by atoms with van der Waals surface area (Å²) in [6.07, 6.45) is -3.82. The number of aliphatic hydroxyl groups excluding tert-OH is 3. The first-order valence-electron chi connectivity index (χ1n) is 4.70. The second-order valence-corrected chi connectivity index (χ2v) is 5.34. The Bertz CT molecular complexity index is 235. The summed E-state index contributed by atoms with van der Waals surface area (Å²) in [4.78, 5) is 0. The maximum Gasteiger partial charge on any atom is 0.164 e. The Hall–Kier alpha value is 0.0500. The highest BCUT2D eigenvalue weighted by atomic mass is 35.5. The van der Waals surface area contributed by atoms with E-state index >= 15 is 0 Å². The fourth-order valence-corrected chi connectivity index (χ4v) is 1.62. The Morgan fingerprint density at radius 2 is 1.38 bits per heavy atom. The number of hydrogen-bond donors (Lipinski definition) is 6. The average Bonchev–Trinajstić information content (AvgIpc) is 2.13. The van der Waals surface area contributed by atoms with Crippen LogP contribution in [0.15, 0.2) is 0 Å². The van der Waals surface area contributed by atoms with Gasteiger partial charge in [-0.05, 0) is 20.8 Å². The predicted octanol–water partition coefficient (Wildman–Crippen LogP) is -1.85. The molecule has 0 amide bonds. The van der Waals surface area contributed by atoms with E-state index in [9.17, 15) is 25.5 Å². The molecular weight excluding hydrogens is 240 g/mol. The summed E-state index contributed by atoms with van der Waals surface area (Å²) in [5, 5.41) is 54.5. The average molecular weight is 259 g/mol. The lowest BCUT2D eigenvalue weighted by Gasteiger charge is -2.43. The molecule has 0 saturated carbocycles. The topological polar surface area (TPSA) is 121 Å². The lowest BCUT2D eigenvalue weighted by atomic mass is 9.81. The molecular formula is C9H19ClO6. The number of rotatable bonds is 5. The van der Waals surface area contributed by atoms with Gasteiger partial charge in [-0.3, -0.25) is 0 Å². The molecule has 6 N–H and O–H groups in total. The monoisotopic (exact) mass is 258 g/mol. The van der Waals surface area contributed by atoms with Gasteiger partial charge in [-0.2, -0.15) is 0 Å². The molecule has 0 saturated heterocycles. The van der Waals surface area contributed by atoms with Crippen LogP contribution in [0.5, 0.6) is 0 Å². The van der Waals surface area contributed by atoms with Gasteiger partial charge in [-0.15, -0.1) is 0 Å². The van der Waals surface area contributed by atoms with Crippen molar-refractivity contribution in [3.8, 4) is 0 Å². The molecule has 7 heteroatoms. The first-order valence-corrected chi connectivity index (χ1v) is 5.08. The Morgan fingerprint density at radius 1 is 1.00 bits per heavy atom. The van der Waals surface area contributed by atoms with Gasteiger partial charge in [0.05, 0.1) is 6.61 Å². The Balaban J connectivity index is 5.06. The molecule has 0 aromatic rings. The summed E-state index contributed by atoms with van der Waals surface area (Å²) >= 11 is 5.40. The van der Waals surface area contributed by atoms with E-state index in [0.717, 1.165) is 20.8 Å². The normalized spacial score (nSPS) is 27.4. The zero-order valence-electron chi connectivity index (χ0n) is 9.42. The minimum atomic E-state index is -2.29. The molecule has 0 aromatic carbocycles. The highest BCUT2D eigenvalue weighted by Gasteiger charge is 2.52. The minimum Gasteiger partial charge on any atom is -0.393 e. The third-order valence-electron chi connectivity index (χ3n) is 2.52. The van der Waals surface area contributed by atoms with Crippen LogP contribution in [-0.2, 0) is 0 Å². The summed E-state index contributed by atoms with van der Waals surface area (Å²) < 4.78 is 0. The molecule has 0 radical (unpaired) electrons. The van der Waals surface area contributed by atoms with Crippen LogP contribution < -0.4 is 0 Å². The van der Waals surface area contributed by atoms with Gasteiger partial charge in [0.1, 0.15) is 23.4 Å². The summed E-state index contributed by atoms with van der Waals surface area (Å²) in [5.74, 6) is 0. The van der Waals surface area contributed by atoms with Crippen LogP contribution >= 0.6 is 11.6 Å². The van der Waals surface area contributed by atoms with E-state index in [1.54, 1.807) is 0 Å². The van der Waals surface area contributed by atoms with Crippen molar-refractivity contribution >= 4 is 11.6 Å². The van der Waals surface area contributed by atoms with Crippen molar-refractivity contribution in [1.29, 1.82) is 0 Å². The van der Waals surface area contributed by atoms with E-state index in [2.05, 4.69) is 0 Å². The molecule has 0 fully saturated rings. The van der Waals surface area contributed by atoms with Crippen LogP contribution in [-0.4, -0.2) is 65.7 Å². The van der Waals surface area contributed by atoms with Crippen molar-refractivity contribution in [2.75, 3.05) is 6.61 Å². The molecule has 6 nitrogen and oxygen atoms in total. The molecule has 0 bridgehead atoms. The second kappa shape index (κ2) is 4.73. The van der Waals surface area contributed by atoms with Crippen LogP contribution in [0.1, 0.15) is 20.8 Å². The van der Waals surface area contributed by atoms with Crippen molar-refractivity contribution < 1.29 is 30.6 Å². The van der Waals surface area contributed by atoms with Gasteiger partial charge in [0.15, 0.2) is 5.06 Å². The van der Waals surface area contributed by atoms with Gasteiger partial charge in [-0.1, -0.05) is 11.6 Å². The number of halogens is 1. The van der Waals surface area contributed by atoms with Crippen molar-refractivity contribution in [3.63, 3.8) is 0 Å². The fourth-order valence-electron chi connectivity index (χ4n) is 1.40. The van der Waals surface area contributed by atoms with Crippen LogP contribution in [0.25, 0.3) is 0 Å². The first kappa shape index (κ1) is 16.1. The summed E-state index contributed by atoms with van der Waals surface area (Å²) in [6, 6.07) is 0. The molecule has 16 heavy (non-hydrogen) atoms. The van der Waals surface area contributed by atoms with Gasteiger partial charge in [0, 0.05) is 0 Å². The summed E-state index contributed by atoms with van der Waals surface area (Å²) in [6.45, 7) is 2.25. The van der Waals surface area contributed by atoms with Gasteiger partial charge in [-0.25, -0.2) is 0 Å². The quantitative estimate of drug-likeness (QED) is 0.322. The molecule has 98 valence electrons. The third kappa shape index (κ3) is 3.27. The van der Waals surface area contributed by atoms with Gasteiger partial charge < -0.3 is 30.6 Å². The molecule has 0 heterocycles.